The van der Waals surface area contributed by atoms with Crippen molar-refractivity contribution in [3.05, 3.63) is 0 Å². The van der Waals surface area contributed by atoms with Crippen molar-refractivity contribution in [2.45, 2.75) is 71.3 Å². The normalized spacial score (nSPS) is 11.9. The summed E-state index contributed by atoms with van der Waals surface area (Å²) in [7, 11) is -3.67. The second-order valence-corrected chi connectivity index (χ2v) is 6.71. The van der Waals surface area contributed by atoms with E-state index in [-0.39, 0.29) is 5.54 Å². The molecule has 0 amide bonds. The molecule has 0 radical (unpaired) electrons. The third kappa shape index (κ3) is 38.8. The summed E-state index contributed by atoms with van der Waals surface area (Å²) in [5, 5.41) is 0. The van der Waals surface area contributed by atoms with E-state index in [1.54, 1.807) is 0 Å². The molecule has 0 aliphatic heterocycles. The van der Waals surface area contributed by atoms with Crippen molar-refractivity contribution in [2.75, 3.05) is 6.26 Å². The number of hydrogen-bond acceptors (Lipinski definition) is 3. The molecule has 17 heavy (non-hydrogen) atoms. The fraction of sp³-hybridized carbons (Fsp3) is 1.00. The van der Waals surface area contributed by atoms with Crippen molar-refractivity contribution >= 4 is 10.1 Å². The molecule has 106 valence electrons. The van der Waals surface area contributed by atoms with E-state index in [9.17, 15) is 8.42 Å². The van der Waals surface area contributed by atoms with Crippen molar-refractivity contribution in [1.82, 2.24) is 0 Å². The summed E-state index contributed by atoms with van der Waals surface area (Å²) in [6.07, 6.45) is 10.1. The van der Waals surface area contributed by atoms with Gasteiger partial charge >= 0.3 is 0 Å². The summed E-state index contributed by atoms with van der Waals surface area (Å²) in [6.45, 7) is 6.47. The molecular formula is C12H29NO3S. The Balaban J connectivity index is 0. The minimum atomic E-state index is -3.67. The van der Waals surface area contributed by atoms with E-state index in [4.69, 9.17) is 10.3 Å². The van der Waals surface area contributed by atoms with Crippen molar-refractivity contribution in [1.29, 1.82) is 0 Å². The van der Waals surface area contributed by atoms with E-state index in [0.717, 1.165) is 0 Å². The Kier molecular flexibility index (Phi) is 11.1. The SMILES string of the molecule is CCCCCCCCC(C)(C)N.CS(=O)(=O)O. The molecule has 3 N–H and O–H groups in total. The highest BCUT2D eigenvalue weighted by atomic mass is 32.2. The monoisotopic (exact) mass is 267 g/mol. The van der Waals surface area contributed by atoms with Crippen LogP contribution in [0.5, 0.6) is 0 Å². The predicted octanol–water partition coefficient (Wildman–Crippen LogP) is 2.98. The van der Waals surface area contributed by atoms with Gasteiger partial charge in [-0.15, -0.1) is 0 Å². The standard InChI is InChI=1S/C11H25N.CH4O3S/c1-4-5-6-7-8-9-10-11(2,3)12;1-5(2,3)4/h4-10,12H2,1-3H3;1H3,(H,2,3,4). The summed E-state index contributed by atoms with van der Waals surface area (Å²) in [5.74, 6) is 0. The van der Waals surface area contributed by atoms with Crippen LogP contribution >= 0.6 is 0 Å². The van der Waals surface area contributed by atoms with Gasteiger partial charge in [0.1, 0.15) is 0 Å². The molecule has 0 aliphatic rings. The molecule has 0 atom stereocenters. The highest BCUT2D eigenvalue weighted by Gasteiger charge is 2.08. The predicted molar refractivity (Wildman–Crippen MR) is 73.7 cm³/mol. The second kappa shape index (κ2) is 9.85. The maximum atomic E-state index is 9.19. The molecule has 0 heterocycles. The third-order valence-corrected chi connectivity index (χ3v) is 2.17. The minimum Gasteiger partial charge on any atom is -0.326 e. The van der Waals surface area contributed by atoms with Gasteiger partial charge in [0.15, 0.2) is 0 Å². The first-order valence-electron chi connectivity index (χ1n) is 6.27. The van der Waals surface area contributed by atoms with Crippen LogP contribution in [0.2, 0.25) is 0 Å². The highest BCUT2D eigenvalue weighted by molar-refractivity contribution is 7.85. The average molecular weight is 267 g/mol. The molecule has 4 nitrogen and oxygen atoms in total. The van der Waals surface area contributed by atoms with Crippen LogP contribution in [0.25, 0.3) is 0 Å². The van der Waals surface area contributed by atoms with Crippen LogP contribution in [0.4, 0.5) is 0 Å². The first-order chi connectivity index (χ1) is 7.56. The van der Waals surface area contributed by atoms with Gasteiger partial charge in [-0.05, 0) is 20.3 Å². The Bertz CT molecular complexity index is 247. The van der Waals surface area contributed by atoms with Gasteiger partial charge in [-0.25, -0.2) is 0 Å². The second-order valence-electron chi connectivity index (χ2n) is 5.24. The molecule has 0 rings (SSSR count). The Morgan fingerprint density at radius 2 is 1.41 bits per heavy atom. The molecule has 5 heteroatoms. The molecule has 0 spiro atoms. The van der Waals surface area contributed by atoms with E-state index in [0.29, 0.717) is 6.26 Å². The van der Waals surface area contributed by atoms with Crippen LogP contribution in [-0.4, -0.2) is 24.8 Å². The van der Waals surface area contributed by atoms with Gasteiger partial charge in [0.05, 0.1) is 6.26 Å². The van der Waals surface area contributed by atoms with Crippen molar-refractivity contribution in [3.63, 3.8) is 0 Å². The number of rotatable bonds is 7. The Labute approximate surface area is 107 Å². The summed E-state index contributed by atoms with van der Waals surface area (Å²) >= 11 is 0. The molecule has 0 aromatic carbocycles. The van der Waals surface area contributed by atoms with Gasteiger partial charge in [0, 0.05) is 5.54 Å². The zero-order valence-corrected chi connectivity index (χ0v) is 12.5. The topological polar surface area (TPSA) is 80.4 Å². The van der Waals surface area contributed by atoms with Crippen LogP contribution in [0.1, 0.15) is 65.7 Å². The van der Waals surface area contributed by atoms with Gasteiger partial charge < -0.3 is 5.73 Å². The first kappa shape index (κ1) is 19.2. The van der Waals surface area contributed by atoms with E-state index in [1.165, 1.54) is 44.9 Å². The van der Waals surface area contributed by atoms with Crippen LogP contribution in [-0.2, 0) is 10.1 Å². The lowest BCUT2D eigenvalue weighted by Crippen LogP contribution is -2.31. The largest absolute Gasteiger partial charge is 0.326 e. The fourth-order valence-corrected chi connectivity index (χ4v) is 1.36. The number of hydrogen-bond donors (Lipinski definition) is 2. The molecule has 0 bridgehead atoms. The summed E-state index contributed by atoms with van der Waals surface area (Å²) in [4.78, 5) is 0. The zero-order valence-electron chi connectivity index (χ0n) is 11.7. The maximum absolute atomic E-state index is 9.19. The lowest BCUT2D eigenvalue weighted by molar-refractivity contribution is 0.441. The van der Waals surface area contributed by atoms with Crippen molar-refractivity contribution < 1.29 is 13.0 Å². The van der Waals surface area contributed by atoms with Crippen LogP contribution in [0.15, 0.2) is 0 Å². The molecule has 0 fully saturated rings. The number of nitrogens with two attached hydrogens (primary N) is 1. The summed E-state index contributed by atoms with van der Waals surface area (Å²) < 4.78 is 25.9. The van der Waals surface area contributed by atoms with Gasteiger partial charge in [0.2, 0.25) is 0 Å². The number of unbranched alkanes of at least 4 members (excludes halogenated alkanes) is 5. The van der Waals surface area contributed by atoms with Gasteiger partial charge in [-0.3, -0.25) is 4.55 Å². The molecule has 0 unspecified atom stereocenters. The molecule has 0 aliphatic carbocycles. The molecule has 0 aromatic rings. The minimum absolute atomic E-state index is 0.0464. The van der Waals surface area contributed by atoms with E-state index >= 15 is 0 Å². The third-order valence-electron chi connectivity index (χ3n) is 2.17. The Morgan fingerprint density at radius 3 is 1.76 bits per heavy atom. The van der Waals surface area contributed by atoms with Crippen molar-refractivity contribution in [2.24, 2.45) is 5.73 Å². The molecule has 0 aromatic heterocycles. The lowest BCUT2D eigenvalue weighted by atomic mass is 9.97. The molecule has 0 saturated carbocycles. The van der Waals surface area contributed by atoms with Crippen LogP contribution < -0.4 is 5.73 Å². The maximum Gasteiger partial charge on any atom is 0.261 e. The summed E-state index contributed by atoms with van der Waals surface area (Å²) in [5.41, 5.74) is 5.92. The van der Waals surface area contributed by atoms with Gasteiger partial charge in [-0.1, -0.05) is 45.4 Å². The highest BCUT2D eigenvalue weighted by Crippen LogP contribution is 2.12. The average Bonchev–Trinajstić information content (AvgIpc) is 2.06. The van der Waals surface area contributed by atoms with Crippen molar-refractivity contribution in [3.8, 4) is 0 Å². The zero-order chi connectivity index (χ0) is 13.9. The van der Waals surface area contributed by atoms with Crippen LogP contribution in [0, 0.1) is 0 Å². The van der Waals surface area contributed by atoms with Gasteiger partial charge in [-0.2, -0.15) is 8.42 Å². The Morgan fingerprint density at radius 1 is 1.06 bits per heavy atom. The summed E-state index contributed by atoms with van der Waals surface area (Å²) in [6, 6.07) is 0. The first-order valence-corrected chi connectivity index (χ1v) is 8.12. The van der Waals surface area contributed by atoms with E-state index < -0.39 is 10.1 Å². The fourth-order valence-electron chi connectivity index (χ4n) is 1.36. The lowest BCUT2D eigenvalue weighted by Gasteiger charge is -2.17. The Hall–Kier alpha value is -0.130. The smallest absolute Gasteiger partial charge is 0.261 e. The van der Waals surface area contributed by atoms with E-state index in [1.807, 2.05) is 0 Å². The van der Waals surface area contributed by atoms with E-state index in [2.05, 4.69) is 20.8 Å². The quantitative estimate of drug-likeness (QED) is 0.549. The molecule has 0 saturated heterocycles. The molecular weight excluding hydrogens is 238 g/mol. The van der Waals surface area contributed by atoms with Gasteiger partial charge in [0.25, 0.3) is 10.1 Å². The van der Waals surface area contributed by atoms with Crippen LogP contribution in [0.3, 0.4) is 0 Å².